The van der Waals surface area contributed by atoms with Crippen molar-refractivity contribution in [2.45, 2.75) is 51.9 Å². The summed E-state index contributed by atoms with van der Waals surface area (Å²) in [5.74, 6) is 2.15. The van der Waals surface area contributed by atoms with E-state index in [4.69, 9.17) is 0 Å². The van der Waals surface area contributed by atoms with E-state index in [9.17, 15) is 8.42 Å². The molecule has 108 valence electrons. The van der Waals surface area contributed by atoms with Crippen LogP contribution in [0.4, 0.5) is 0 Å². The minimum absolute atomic E-state index is 0.289. The van der Waals surface area contributed by atoms with E-state index in [2.05, 4.69) is 5.32 Å². The molecule has 0 saturated heterocycles. The van der Waals surface area contributed by atoms with Crippen molar-refractivity contribution in [3.8, 4) is 0 Å². The molecule has 2 atom stereocenters. The number of hydrogen-bond donors (Lipinski definition) is 1. The van der Waals surface area contributed by atoms with Crippen LogP contribution in [0, 0.1) is 11.8 Å². The zero-order valence-electron chi connectivity index (χ0n) is 12.0. The van der Waals surface area contributed by atoms with Crippen molar-refractivity contribution in [3.05, 3.63) is 0 Å². The molecule has 0 aliphatic heterocycles. The lowest BCUT2D eigenvalue weighted by atomic mass is 9.84. The van der Waals surface area contributed by atoms with Gasteiger partial charge in [-0.15, -0.1) is 0 Å². The standard InChI is InChI=1S/C14H29NO2S/c1-3-18(16,17)11-7-10-13-8-5-4-6-9-14(13)12-15-2/h13-15H,3-12H2,1-2H3. The van der Waals surface area contributed by atoms with Gasteiger partial charge in [-0.25, -0.2) is 8.42 Å². The first-order valence-corrected chi connectivity index (χ1v) is 9.26. The lowest BCUT2D eigenvalue weighted by molar-refractivity contribution is 0.287. The summed E-state index contributed by atoms with van der Waals surface area (Å²) in [5, 5.41) is 3.29. The topological polar surface area (TPSA) is 46.2 Å². The molecule has 0 aromatic heterocycles. The van der Waals surface area contributed by atoms with Crippen LogP contribution < -0.4 is 5.32 Å². The Balaban J connectivity index is 2.41. The first kappa shape index (κ1) is 16.0. The molecule has 0 amide bonds. The molecule has 0 radical (unpaired) electrons. The zero-order chi connectivity index (χ0) is 13.4. The third kappa shape index (κ3) is 5.70. The highest BCUT2D eigenvalue weighted by atomic mass is 32.2. The van der Waals surface area contributed by atoms with Crippen LogP contribution >= 0.6 is 0 Å². The molecule has 1 aliphatic carbocycles. The van der Waals surface area contributed by atoms with Gasteiger partial charge in [-0.05, 0) is 44.7 Å². The SMILES string of the molecule is CCS(=O)(=O)CCCC1CCCCCC1CNC. The van der Waals surface area contributed by atoms with Gasteiger partial charge in [0.1, 0.15) is 9.84 Å². The molecule has 2 unspecified atom stereocenters. The van der Waals surface area contributed by atoms with E-state index >= 15 is 0 Å². The van der Waals surface area contributed by atoms with Crippen LogP contribution in [-0.2, 0) is 9.84 Å². The normalized spacial score (nSPS) is 25.9. The van der Waals surface area contributed by atoms with Gasteiger partial charge in [0.2, 0.25) is 0 Å². The molecule has 1 aliphatic rings. The average Bonchev–Trinajstić information content (AvgIpc) is 2.56. The second-order valence-electron chi connectivity index (χ2n) is 5.59. The van der Waals surface area contributed by atoms with Crippen LogP contribution in [0.3, 0.4) is 0 Å². The summed E-state index contributed by atoms with van der Waals surface area (Å²) in [6, 6.07) is 0. The first-order chi connectivity index (χ1) is 8.59. The van der Waals surface area contributed by atoms with Crippen molar-refractivity contribution in [2.24, 2.45) is 11.8 Å². The summed E-state index contributed by atoms with van der Waals surface area (Å²) in [6.07, 6.45) is 8.56. The lowest BCUT2D eigenvalue weighted by Crippen LogP contribution is -2.25. The van der Waals surface area contributed by atoms with Gasteiger partial charge in [0.25, 0.3) is 0 Å². The van der Waals surface area contributed by atoms with Crippen molar-refractivity contribution in [1.82, 2.24) is 5.32 Å². The monoisotopic (exact) mass is 275 g/mol. The Labute approximate surface area is 113 Å². The Morgan fingerprint density at radius 3 is 2.39 bits per heavy atom. The third-order valence-electron chi connectivity index (χ3n) is 4.25. The van der Waals surface area contributed by atoms with E-state index in [1.54, 1.807) is 6.92 Å². The molecular weight excluding hydrogens is 246 g/mol. The first-order valence-electron chi connectivity index (χ1n) is 7.44. The maximum atomic E-state index is 11.5. The van der Waals surface area contributed by atoms with Gasteiger partial charge in [0.15, 0.2) is 0 Å². The number of sulfone groups is 1. The van der Waals surface area contributed by atoms with E-state index in [0.717, 1.165) is 31.2 Å². The second-order valence-corrected chi connectivity index (χ2v) is 8.07. The molecule has 1 saturated carbocycles. The molecule has 0 aromatic carbocycles. The highest BCUT2D eigenvalue weighted by Crippen LogP contribution is 2.31. The molecule has 4 heteroatoms. The number of nitrogens with one attached hydrogen (secondary N) is 1. The number of rotatable bonds is 7. The minimum atomic E-state index is -2.77. The Morgan fingerprint density at radius 1 is 1.11 bits per heavy atom. The highest BCUT2D eigenvalue weighted by molar-refractivity contribution is 7.91. The summed E-state index contributed by atoms with van der Waals surface area (Å²) >= 11 is 0. The van der Waals surface area contributed by atoms with Gasteiger partial charge < -0.3 is 5.32 Å². The predicted molar refractivity (Wildman–Crippen MR) is 77.6 cm³/mol. The zero-order valence-corrected chi connectivity index (χ0v) is 12.8. The van der Waals surface area contributed by atoms with Crippen LogP contribution in [-0.4, -0.2) is 33.5 Å². The van der Waals surface area contributed by atoms with E-state index in [-0.39, 0.29) is 5.75 Å². The van der Waals surface area contributed by atoms with Crippen LogP contribution in [0.15, 0.2) is 0 Å². The van der Waals surface area contributed by atoms with Crippen molar-refractivity contribution in [2.75, 3.05) is 25.1 Å². The fraction of sp³-hybridized carbons (Fsp3) is 1.00. The van der Waals surface area contributed by atoms with Crippen molar-refractivity contribution < 1.29 is 8.42 Å². The Morgan fingerprint density at radius 2 is 1.78 bits per heavy atom. The molecular formula is C14H29NO2S. The van der Waals surface area contributed by atoms with Crippen molar-refractivity contribution in [1.29, 1.82) is 0 Å². The summed E-state index contributed by atoms with van der Waals surface area (Å²) in [6.45, 7) is 2.83. The quantitative estimate of drug-likeness (QED) is 0.727. The summed E-state index contributed by atoms with van der Waals surface area (Å²) in [7, 11) is -0.757. The molecule has 18 heavy (non-hydrogen) atoms. The van der Waals surface area contributed by atoms with Gasteiger partial charge in [0, 0.05) is 5.75 Å². The van der Waals surface area contributed by atoms with Gasteiger partial charge in [0.05, 0.1) is 5.75 Å². The van der Waals surface area contributed by atoms with Gasteiger partial charge in [-0.3, -0.25) is 0 Å². The number of hydrogen-bond acceptors (Lipinski definition) is 3. The smallest absolute Gasteiger partial charge is 0.150 e. The van der Waals surface area contributed by atoms with Crippen molar-refractivity contribution in [3.63, 3.8) is 0 Å². The van der Waals surface area contributed by atoms with Gasteiger partial charge in [-0.1, -0.05) is 32.6 Å². The summed E-state index contributed by atoms with van der Waals surface area (Å²) in [5.41, 5.74) is 0. The average molecular weight is 275 g/mol. The fourth-order valence-electron chi connectivity index (χ4n) is 3.08. The van der Waals surface area contributed by atoms with Gasteiger partial charge in [-0.2, -0.15) is 0 Å². The van der Waals surface area contributed by atoms with Gasteiger partial charge >= 0.3 is 0 Å². The molecule has 1 fully saturated rings. The minimum Gasteiger partial charge on any atom is -0.319 e. The Bertz CT molecular complexity index is 314. The third-order valence-corrected chi connectivity index (χ3v) is 6.04. The van der Waals surface area contributed by atoms with Crippen LogP contribution in [0.5, 0.6) is 0 Å². The maximum Gasteiger partial charge on any atom is 0.150 e. The van der Waals surface area contributed by atoms with Crippen LogP contribution in [0.2, 0.25) is 0 Å². The van der Waals surface area contributed by atoms with E-state index in [1.165, 1.54) is 32.1 Å². The fourth-order valence-corrected chi connectivity index (χ4v) is 3.98. The molecule has 1 N–H and O–H groups in total. The molecule has 0 heterocycles. The largest absolute Gasteiger partial charge is 0.319 e. The lowest BCUT2D eigenvalue weighted by Gasteiger charge is -2.24. The second kappa shape index (κ2) is 8.16. The molecule has 0 spiro atoms. The van der Waals surface area contributed by atoms with E-state index in [1.807, 2.05) is 7.05 Å². The summed E-state index contributed by atoms with van der Waals surface area (Å²) < 4.78 is 23.0. The molecule has 0 bridgehead atoms. The van der Waals surface area contributed by atoms with E-state index in [0.29, 0.717) is 5.75 Å². The maximum absolute atomic E-state index is 11.5. The van der Waals surface area contributed by atoms with E-state index < -0.39 is 9.84 Å². The summed E-state index contributed by atoms with van der Waals surface area (Å²) in [4.78, 5) is 0. The predicted octanol–water partition coefficient (Wildman–Crippen LogP) is 2.62. The molecule has 1 rings (SSSR count). The van der Waals surface area contributed by atoms with Crippen LogP contribution in [0.25, 0.3) is 0 Å². The van der Waals surface area contributed by atoms with Crippen molar-refractivity contribution >= 4 is 9.84 Å². The van der Waals surface area contributed by atoms with Crippen LogP contribution in [0.1, 0.15) is 51.9 Å². The Hall–Kier alpha value is -0.0900. The molecule has 0 aromatic rings. The Kier molecular flexibility index (Phi) is 7.23. The highest BCUT2D eigenvalue weighted by Gasteiger charge is 2.23. The molecule has 3 nitrogen and oxygen atoms in total.